The van der Waals surface area contributed by atoms with Gasteiger partial charge in [0.1, 0.15) is 11.2 Å². The Morgan fingerprint density at radius 2 is 0.983 bits per heavy atom. The summed E-state index contributed by atoms with van der Waals surface area (Å²) in [5, 5.41) is 9.15. The lowest BCUT2D eigenvalue weighted by Crippen LogP contribution is -2.01. The zero-order valence-electron chi connectivity index (χ0n) is 31.0. The van der Waals surface area contributed by atoms with Gasteiger partial charge in [-0.05, 0) is 80.9 Å². The van der Waals surface area contributed by atoms with Gasteiger partial charge in [-0.3, -0.25) is 0 Å². The number of fused-ring (bicyclic) bond motifs is 8. The molecule has 268 valence electrons. The van der Waals surface area contributed by atoms with Gasteiger partial charge in [-0.15, -0.1) is 0 Å². The van der Waals surface area contributed by atoms with E-state index in [-0.39, 0.29) is 0 Å². The highest BCUT2D eigenvalue weighted by Crippen LogP contribution is 2.50. The Bertz CT molecular complexity index is 3620. The molecular weight excluding hydrogens is 709 g/mol. The van der Waals surface area contributed by atoms with Crippen molar-refractivity contribution in [3.05, 3.63) is 182 Å². The Balaban J connectivity index is 1.15. The molecule has 58 heavy (non-hydrogen) atoms. The average molecular weight is 739 g/mol. The van der Waals surface area contributed by atoms with Crippen molar-refractivity contribution in [2.75, 3.05) is 0 Å². The Hall–Kier alpha value is -7.89. The third kappa shape index (κ3) is 4.38. The second-order valence-electron chi connectivity index (χ2n) is 15.1. The van der Waals surface area contributed by atoms with Gasteiger partial charge >= 0.3 is 0 Å². The van der Waals surface area contributed by atoms with E-state index in [4.69, 9.17) is 19.4 Å². The van der Waals surface area contributed by atoms with Gasteiger partial charge in [0.2, 0.25) is 0 Å². The molecule has 0 spiro atoms. The first-order valence-corrected chi connectivity index (χ1v) is 19.6. The van der Waals surface area contributed by atoms with Crippen LogP contribution in [-0.4, -0.2) is 19.5 Å². The summed E-state index contributed by atoms with van der Waals surface area (Å²) in [6.45, 7) is 0. The smallest absolute Gasteiger partial charge is 0.164 e. The van der Waals surface area contributed by atoms with Crippen LogP contribution in [0.2, 0.25) is 0 Å². The van der Waals surface area contributed by atoms with E-state index in [1.807, 2.05) is 48.5 Å². The minimum atomic E-state index is 0.605. The number of benzene rings is 9. The van der Waals surface area contributed by atoms with Gasteiger partial charge in [-0.2, -0.15) is 0 Å². The Labute approximate surface area is 332 Å². The van der Waals surface area contributed by atoms with Crippen molar-refractivity contribution in [3.8, 4) is 62.1 Å². The zero-order valence-corrected chi connectivity index (χ0v) is 31.0. The van der Waals surface area contributed by atoms with Gasteiger partial charge in [0.15, 0.2) is 17.5 Å². The van der Waals surface area contributed by atoms with Crippen molar-refractivity contribution in [1.29, 1.82) is 0 Å². The first-order chi connectivity index (χ1) is 28.8. The summed E-state index contributed by atoms with van der Waals surface area (Å²) in [5.74, 6) is 1.85. The highest BCUT2D eigenvalue weighted by atomic mass is 16.3. The molecule has 0 unspecified atom stereocenters. The Kier molecular flexibility index (Phi) is 6.38. The van der Waals surface area contributed by atoms with Gasteiger partial charge < -0.3 is 8.98 Å². The minimum Gasteiger partial charge on any atom is -0.455 e. The van der Waals surface area contributed by atoms with Crippen molar-refractivity contribution in [3.63, 3.8) is 0 Å². The second kappa shape index (κ2) is 11.8. The summed E-state index contributed by atoms with van der Waals surface area (Å²) >= 11 is 0. The predicted molar refractivity (Wildman–Crippen MR) is 237 cm³/mol. The number of hydrogen-bond acceptors (Lipinski definition) is 4. The van der Waals surface area contributed by atoms with Gasteiger partial charge in [0.25, 0.3) is 0 Å². The second-order valence-corrected chi connectivity index (χ2v) is 15.1. The van der Waals surface area contributed by atoms with Crippen LogP contribution in [-0.2, 0) is 0 Å². The van der Waals surface area contributed by atoms with Crippen LogP contribution < -0.4 is 0 Å². The molecule has 0 aliphatic heterocycles. The van der Waals surface area contributed by atoms with Crippen LogP contribution in [0.3, 0.4) is 0 Å². The van der Waals surface area contributed by atoms with E-state index in [2.05, 4.69) is 138 Å². The SMILES string of the molecule is c1ccc(-c2nc(-c3ccccc3)nc(-c3cc4c5ccccc5oc4c4ccc(-n5c6cccc7c6c6c8c(cccc8ccc65)-c5ccccc5-7)cc34)n2)cc1. The lowest BCUT2D eigenvalue weighted by molar-refractivity contribution is 0.672. The van der Waals surface area contributed by atoms with E-state index in [9.17, 15) is 0 Å². The molecule has 3 heterocycles. The van der Waals surface area contributed by atoms with E-state index >= 15 is 0 Å². The summed E-state index contributed by atoms with van der Waals surface area (Å²) in [4.78, 5) is 15.5. The van der Waals surface area contributed by atoms with Crippen molar-refractivity contribution < 1.29 is 4.42 Å². The van der Waals surface area contributed by atoms with Crippen LogP contribution in [0, 0.1) is 0 Å². The lowest BCUT2D eigenvalue weighted by Gasteiger charge is -2.15. The molecule has 9 aromatic carbocycles. The number of para-hydroxylation sites is 1. The molecule has 1 aliphatic carbocycles. The third-order valence-corrected chi connectivity index (χ3v) is 12.0. The summed E-state index contributed by atoms with van der Waals surface area (Å²) in [5.41, 5.74) is 12.9. The lowest BCUT2D eigenvalue weighted by atomic mass is 9.93. The zero-order chi connectivity index (χ0) is 37.9. The van der Waals surface area contributed by atoms with E-state index < -0.39 is 0 Å². The van der Waals surface area contributed by atoms with Crippen molar-refractivity contribution >= 4 is 65.3 Å². The van der Waals surface area contributed by atoms with Crippen LogP contribution in [0.4, 0.5) is 0 Å². The van der Waals surface area contributed by atoms with Crippen molar-refractivity contribution in [2.24, 2.45) is 0 Å². The molecule has 5 nitrogen and oxygen atoms in total. The summed E-state index contributed by atoms with van der Waals surface area (Å²) in [6.07, 6.45) is 0. The van der Waals surface area contributed by atoms with Gasteiger partial charge in [0.05, 0.1) is 11.0 Å². The molecule has 0 atom stereocenters. The molecule has 3 aromatic heterocycles. The van der Waals surface area contributed by atoms with Gasteiger partial charge in [-0.25, -0.2) is 15.0 Å². The van der Waals surface area contributed by atoms with Gasteiger partial charge in [0, 0.05) is 49.3 Å². The molecule has 0 fully saturated rings. The number of hydrogen-bond donors (Lipinski definition) is 0. The molecule has 0 amide bonds. The van der Waals surface area contributed by atoms with Crippen molar-refractivity contribution in [1.82, 2.24) is 19.5 Å². The Morgan fingerprint density at radius 1 is 0.362 bits per heavy atom. The highest BCUT2D eigenvalue weighted by molar-refractivity contribution is 6.30. The first kappa shape index (κ1) is 31.3. The number of rotatable bonds is 4. The highest BCUT2D eigenvalue weighted by Gasteiger charge is 2.25. The fourth-order valence-electron chi connectivity index (χ4n) is 9.44. The maximum atomic E-state index is 6.67. The summed E-state index contributed by atoms with van der Waals surface area (Å²) in [7, 11) is 0. The minimum absolute atomic E-state index is 0.605. The van der Waals surface area contributed by atoms with E-state index in [1.54, 1.807) is 0 Å². The van der Waals surface area contributed by atoms with Crippen LogP contribution in [0.25, 0.3) is 127 Å². The molecular formula is C53H30N4O. The van der Waals surface area contributed by atoms with E-state index in [1.165, 1.54) is 49.3 Å². The van der Waals surface area contributed by atoms with Crippen LogP contribution >= 0.6 is 0 Å². The number of nitrogens with zero attached hydrogens (tertiary/aromatic N) is 4. The first-order valence-electron chi connectivity index (χ1n) is 19.6. The summed E-state index contributed by atoms with van der Waals surface area (Å²) in [6, 6.07) is 64.4. The fraction of sp³-hybridized carbons (Fsp3) is 0. The summed E-state index contributed by atoms with van der Waals surface area (Å²) < 4.78 is 9.10. The van der Waals surface area contributed by atoms with Crippen molar-refractivity contribution in [2.45, 2.75) is 0 Å². The molecule has 5 heteroatoms. The normalized spacial score (nSPS) is 12.1. The number of furan rings is 1. The van der Waals surface area contributed by atoms with Crippen LogP contribution in [0.15, 0.2) is 186 Å². The monoisotopic (exact) mass is 738 g/mol. The molecule has 0 N–H and O–H groups in total. The quantitative estimate of drug-likeness (QED) is 0.180. The maximum absolute atomic E-state index is 6.67. The maximum Gasteiger partial charge on any atom is 0.164 e. The van der Waals surface area contributed by atoms with E-state index in [0.717, 1.165) is 60.6 Å². The van der Waals surface area contributed by atoms with Gasteiger partial charge in [-0.1, -0.05) is 140 Å². The molecule has 0 saturated carbocycles. The average Bonchev–Trinajstić information content (AvgIpc) is 3.81. The standard InChI is InChI=1S/C53H30N4O/c1-3-13-32(14-4-1)51-54-52(33-15-5-2-6-16-33)56-53(55-51)43-30-42-37-20-9-10-24-46(37)58-50(42)40-27-26-34(29-41(40)43)57-44-23-12-22-39-36-19-8-7-18-35(36)38-21-11-17-31-25-28-45(57)49(47(31)38)48(39)44/h1-30H. The molecule has 0 radical (unpaired) electrons. The Morgan fingerprint density at radius 3 is 1.74 bits per heavy atom. The molecule has 0 bridgehead atoms. The number of aromatic nitrogens is 4. The van der Waals surface area contributed by atoms with Crippen LogP contribution in [0.5, 0.6) is 0 Å². The van der Waals surface area contributed by atoms with Crippen LogP contribution in [0.1, 0.15) is 0 Å². The molecule has 1 aliphatic rings. The fourth-order valence-corrected chi connectivity index (χ4v) is 9.44. The topological polar surface area (TPSA) is 56.7 Å². The molecule has 12 aromatic rings. The predicted octanol–water partition coefficient (Wildman–Crippen LogP) is 13.8. The van der Waals surface area contributed by atoms with E-state index in [0.29, 0.717) is 17.5 Å². The molecule has 0 saturated heterocycles. The largest absolute Gasteiger partial charge is 0.455 e. The third-order valence-electron chi connectivity index (χ3n) is 12.0. The molecule has 13 rings (SSSR count).